The van der Waals surface area contributed by atoms with Crippen LogP contribution >= 0.6 is 0 Å². The molecular formula is C43H29N3O2. The Morgan fingerprint density at radius 3 is 1.96 bits per heavy atom. The van der Waals surface area contributed by atoms with Gasteiger partial charge in [0.1, 0.15) is 0 Å². The molecule has 1 amide bonds. The molecule has 6 aromatic carbocycles. The molecule has 228 valence electrons. The first-order valence-electron chi connectivity index (χ1n) is 16.0. The van der Waals surface area contributed by atoms with Crippen LogP contribution in [0.25, 0.3) is 60.9 Å². The summed E-state index contributed by atoms with van der Waals surface area (Å²) in [6.07, 6.45) is 2.43. The molecule has 1 N–H and O–H groups in total. The number of aromatic nitrogens is 2. The number of carbonyl (C=O) groups excluding carboxylic acids is 1. The number of hydrogen-bond acceptors (Lipinski definition) is 3. The van der Waals surface area contributed by atoms with Gasteiger partial charge >= 0.3 is 0 Å². The van der Waals surface area contributed by atoms with Crippen LogP contribution in [-0.2, 0) is 0 Å². The minimum Gasteiger partial charge on any atom is -0.369 e. The van der Waals surface area contributed by atoms with E-state index >= 15 is 0 Å². The van der Waals surface area contributed by atoms with Crippen molar-refractivity contribution in [3.63, 3.8) is 0 Å². The minimum atomic E-state index is -1.17. The first-order chi connectivity index (χ1) is 23.7. The van der Waals surface area contributed by atoms with Crippen LogP contribution in [0.15, 0.2) is 164 Å². The van der Waals surface area contributed by atoms with Crippen molar-refractivity contribution in [1.82, 2.24) is 9.55 Å². The van der Waals surface area contributed by atoms with E-state index in [1.165, 1.54) is 0 Å². The number of hydrogen-bond donors (Lipinski definition) is 1. The van der Waals surface area contributed by atoms with Crippen LogP contribution in [0.5, 0.6) is 0 Å². The summed E-state index contributed by atoms with van der Waals surface area (Å²) in [5.74, 6) is -0.244. The fourth-order valence-electron chi connectivity index (χ4n) is 7.16. The van der Waals surface area contributed by atoms with E-state index in [1.807, 2.05) is 103 Å². The van der Waals surface area contributed by atoms with E-state index < -0.39 is 6.23 Å². The molecule has 2 aromatic heterocycles. The van der Waals surface area contributed by atoms with Crippen molar-refractivity contribution in [2.45, 2.75) is 6.23 Å². The van der Waals surface area contributed by atoms with E-state index in [0.29, 0.717) is 16.8 Å². The van der Waals surface area contributed by atoms with Crippen molar-refractivity contribution in [3.8, 4) is 39.1 Å². The molecular weight excluding hydrogens is 590 g/mol. The SMILES string of the molecule is O=C1c2c(cccc2-n2c3ccccc3c3ccc(-c4ccncc4)cc32)C(O)N1c1cc(-c2ccccc2)ccc1-c1ccccc1. The number of para-hydroxylation sites is 1. The van der Waals surface area contributed by atoms with Gasteiger partial charge in [-0.15, -0.1) is 0 Å². The Bertz CT molecular complexity index is 2490. The average molecular weight is 620 g/mol. The van der Waals surface area contributed by atoms with Gasteiger partial charge in [-0.3, -0.25) is 14.7 Å². The Kier molecular flexibility index (Phi) is 6.52. The number of carbonyl (C=O) groups is 1. The van der Waals surface area contributed by atoms with Crippen LogP contribution in [0.2, 0.25) is 0 Å². The number of pyridine rings is 1. The molecule has 9 rings (SSSR count). The van der Waals surface area contributed by atoms with E-state index in [4.69, 9.17) is 0 Å². The number of fused-ring (bicyclic) bond motifs is 4. The van der Waals surface area contributed by atoms with Crippen LogP contribution in [-0.4, -0.2) is 20.6 Å². The molecule has 0 aliphatic carbocycles. The van der Waals surface area contributed by atoms with Gasteiger partial charge in [-0.05, 0) is 64.2 Å². The number of benzene rings is 6. The maximum atomic E-state index is 14.9. The number of aliphatic hydroxyl groups excluding tert-OH is 1. The van der Waals surface area contributed by atoms with Crippen molar-refractivity contribution in [2.75, 3.05) is 4.90 Å². The van der Waals surface area contributed by atoms with Gasteiger partial charge < -0.3 is 9.67 Å². The Morgan fingerprint density at radius 1 is 0.521 bits per heavy atom. The Morgan fingerprint density at radius 2 is 1.17 bits per heavy atom. The average Bonchev–Trinajstić information content (AvgIpc) is 3.62. The number of rotatable bonds is 5. The summed E-state index contributed by atoms with van der Waals surface area (Å²) in [5, 5.41) is 14.2. The molecule has 1 aliphatic heterocycles. The predicted octanol–water partition coefficient (Wildman–Crippen LogP) is 9.83. The summed E-state index contributed by atoms with van der Waals surface area (Å²) in [6, 6.07) is 50.8. The zero-order valence-electron chi connectivity index (χ0n) is 25.9. The van der Waals surface area contributed by atoms with Crippen molar-refractivity contribution >= 4 is 33.4 Å². The Labute approximate surface area is 277 Å². The maximum Gasteiger partial charge on any atom is 0.263 e. The van der Waals surface area contributed by atoms with Gasteiger partial charge in [0.05, 0.1) is 28.0 Å². The molecule has 5 heteroatoms. The van der Waals surface area contributed by atoms with E-state index in [0.717, 1.165) is 60.9 Å². The van der Waals surface area contributed by atoms with Crippen LogP contribution in [0, 0.1) is 0 Å². The second-order valence-electron chi connectivity index (χ2n) is 12.1. The predicted molar refractivity (Wildman–Crippen MR) is 193 cm³/mol. The molecule has 5 nitrogen and oxygen atoms in total. The van der Waals surface area contributed by atoms with E-state index in [1.54, 1.807) is 17.3 Å². The fraction of sp³-hybridized carbons (Fsp3) is 0.0233. The Balaban J connectivity index is 1.26. The lowest BCUT2D eigenvalue weighted by Gasteiger charge is -2.25. The normalized spacial score (nSPS) is 14.1. The largest absolute Gasteiger partial charge is 0.369 e. The smallest absolute Gasteiger partial charge is 0.263 e. The highest BCUT2D eigenvalue weighted by atomic mass is 16.3. The zero-order chi connectivity index (χ0) is 32.2. The molecule has 1 atom stereocenters. The molecule has 0 spiro atoms. The maximum absolute atomic E-state index is 14.9. The monoisotopic (exact) mass is 619 g/mol. The van der Waals surface area contributed by atoms with Gasteiger partial charge in [0, 0.05) is 34.3 Å². The third kappa shape index (κ3) is 4.37. The van der Waals surface area contributed by atoms with E-state index in [-0.39, 0.29) is 5.91 Å². The summed E-state index contributed by atoms with van der Waals surface area (Å²) in [5.41, 5.74) is 10.4. The standard InChI is InChI=1S/C43H29N3O2/c47-42-36-15-9-17-38(45-37-16-8-7-14-34(37)35-21-19-32(27-40(35)45)29-22-24-44-25-23-29)41(36)43(48)46(42)39-26-31(28-10-3-1-4-11-28)18-20-33(39)30-12-5-2-6-13-30/h1-27,42,47H. The summed E-state index contributed by atoms with van der Waals surface area (Å²) in [7, 11) is 0. The third-order valence-corrected chi connectivity index (χ3v) is 9.41. The molecule has 3 heterocycles. The number of amides is 1. The molecule has 0 bridgehead atoms. The first-order valence-corrected chi connectivity index (χ1v) is 16.0. The van der Waals surface area contributed by atoms with Crippen LogP contribution in [0.3, 0.4) is 0 Å². The number of nitrogens with zero attached hydrogens (tertiary/aromatic N) is 3. The topological polar surface area (TPSA) is 58.4 Å². The highest BCUT2D eigenvalue weighted by Gasteiger charge is 2.40. The van der Waals surface area contributed by atoms with Crippen LogP contribution in [0.4, 0.5) is 5.69 Å². The minimum absolute atomic E-state index is 0.244. The third-order valence-electron chi connectivity index (χ3n) is 9.41. The first kappa shape index (κ1) is 28.0. The molecule has 0 fully saturated rings. The van der Waals surface area contributed by atoms with Crippen molar-refractivity contribution < 1.29 is 9.90 Å². The summed E-state index contributed by atoms with van der Waals surface area (Å²) in [4.78, 5) is 20.6. The lowest BCUT2D eigenvalue weighted by Crippen LogP contribution is -2.28. The quantitative estimate of drug-likeness (QED) is 0.209. The van der Waals surface area contributed by atoms with E-state index in [2.05, 4.69) is 58.1 Å². The highest BCUT2D eigenvalue weighted by molar-refractivity contribution is 6.17. The summed E-state index contributed by atoms with van der Waals surface area (Å²) >= 11 is 0. The lowest BCUT2D eigenvalue weighted by atomic mass is 9.97. The number of aliphatic hydroxyl groups is 1. The van der Waals surface area contributed by atoms with Crippen molar-refractivity contribution in [2.24, 2.45) is 0 Å². The van der Waals surface area contributed by atoms with Crippen LogP contribution < -0.4 is 4.90 Å². The molecule has 48 heavy (non-hydrogen) atoms. The molecule has 8 aromatic rings. The fourth-order valence-corrected chi connectivity index (χ4v) is 7.16. The summed E-state index contributed by atoms with van der Waals surface area (Å²) < 4.78 is 2.17. The van der Waals surface area contributed by atoms with E-state index in [9.17, 15) is 9.90 Å². The van der Waals surface area contributed by atoms with Gasteiger partial charge in [-0.2, -0.15) is 0 Å². The summed E-state index contributed by atoms with van der Waals surface area (Å²) in [6.45, 7) is 0. The van der Waals surface area contributed by atoms with Crippen molar-refractivity contribution in [3.05, 3.63) is 175 Å². The lowest BCUT2D eigenvalue weighted by molar-refractivity contribution is 0.0935. The van der Waals surface area contributed by atoms with Gasteiger partial charge in [0.15, 0.2) is 6.23 Å². The molecule has 1 aliphatic rings. The van der Waals surface area contributed by atoms with Crippen LogP contribution in [0.1, 0.15) is 22.1 Å². The van der Waals surface area contributed by atoms with Crippen molar-refractivity contribution in [1.29, 1.82) is 0 Å². The Hall–Kier alpha value is -6.30. The second kappa shape index (κ2) is 11.2. The zero-order valence-corrected chi connectivity index (χ0v) is 25.9. The molecule has 0 saturated carbocycles. The molecule has 1 unspecified atom stereocenters. The van der Waals surface area contributed by atoms with Gasteiger partial charge in [0.2, 0.25) is 0 Å². The van der Waals surface area contributed by atoms with Gasteiger partial charge in [0.25, 0.3) is 5.91 Å². The van der Waals surface area contributed by atoms with Gasteiger partial charge in [-0.1, -0.05) is 115 Å². The van der Waals surface area contributed by atoms with Gasteiger partial charge in [-0.25, -0.2) is 0 Å². The molecule has 0 saturated heterocycles. The number of anilines is 1. The second-order valence-corrected chi connectivity index (χ2v) is 12.1. The highest BCUT2D eigenvalue weighted by Crippen LogP contribution is 2.45. The molecule has 0 radical (unpaired) electrons.